The van der Waals surface area contributed by atoms with Crippen LogP contribution in [-0.2, 0) is 0 Å². The van der Waals surface area contributed by atoms with E-state index in [9.17, 15) is 0 Å². The van der Waals surface area contributed by atoms with Gasteiger partial charge in [-0.3, -0.25) is 0 Å². The molecule has 0 aliphatic heterocycles. The van der Waals surface area contributed by atoms with Gasteiger partial charge in [-0.25, -0.2) is 0 Å². The number of benzene rings is 1. The van der Waals surface area contributed by atoms with E-state index in [0.29, 0.717) is 0 Å². The van der Waals surface area contributed by atoms with Gasteiger partial charge in [-0.1, -0.05) is 53.2 Å². The summed E-state index contributed by atoms with van der Waals surface area (Å²) < 4.78 is 1.75. The summed E-state index contributed by atoms with van der Waals surface area (Å²) >= 11 is 0. The molecule has 0 fully saturated rings. The Morgan fingerprint density at radius 2 is 1.82 bits per heavy atom. The van der Waals surface area contributed by atoms with Gasteiger partial charge in [0.05, 0.1) is 0 Å². The zero-order valence-electron chi connectivity index (χ0n) is 5.90. The fourth-order valence-corrected chi connectivity index (χ4v) is 0.589. The molecule has 1 rings (SSSR count). The van der Waals surface area contributed by atoms with Crippen LogP contribution in [0.2, 0.25) is 0 Å². The summed E-state index contributed by atoms with van der Waals surface area (Å²) in [6.07, 6.45) is 1.83. The molecule has 0 aliphatic carbocycles. The maximum absolute atomic E-state index is 7.88. The Bertz CT molecular complexity index is 206. The van der Waals surface area contributed by atoms with Crippen molar-refractivity contribution in [2.75, 3.05) is 0 Å². The van der Waals surface area contributed by atoms with E-state index in [0.717, 1.165) is 0 Å². The van der Waals surface area contributed by atoms with Gasteiger partial charge in [-0.2, -0.15) is 0 Å². The van der Waals surface area contributed by atoms with Crippen LogP contribution in [0.5, 0.6) is 0 Å². The van der Waals surface area contributed by atoms with Crippen LogP contribution in [0.3, 0.4) is 0 Å². The lowest BCUT2D eigenvalue weighted by Gasteiger charge is -1.85. The molecule has 0 unspecified atom stereocenters. The minimum Gasteiger partial charge on any atom is -0.0985 e. The molecule has 0 saturated carbocycles. The maximum atomic E-state index is 7.88. The molecule has 0 heterocycles. The molecule has 0 radical (unpaired) electrons. The quantitative estimate of drug-likeness (QED) is 0.345. The summed E-state index contributed by atoms with van der Waals surface area (Å²) in [4.78, 5) is 7.88. The van der Waals surface area contributed by atoms with E-state index in [1.807, 2.05) is 36.4 Å². The van der Waals surface area contributed by atoms with Crippen molar-refractivity contribution in [1.29, 1.82) is 0 Å². The standard InChI is InChI=1S/C8H8.O3/c1-2-8-6-4-3-5-7-8;1-3-2/h2-7H,1H2;. The first-order valence-corrected chi connectivity index (χ1v) is 2.94. The Hall–Kier alpha value is -1.64. The monoisotopic (exact) mass is 152 g/mol. The van der Waals surface area contributed by atoms with E-state index in [1.165, 1.54) is 5.56 Å². The van der Waals surface area contributed by atoms with Gasteiger partial charge in [0.2, 0.25) is 0 Å². The van der Waals surface area contributed by atoms with Gasteiger partial charge >= 0.3 is 0 Å². The van der Waals surface area contributed by atoms with Gasteiger partial charge in [0, 0.05) is 0 Å². The number of hydrogen-bond donors (Lipinski definition) is 0. The second-order valence-electron chi connectivity index (χ2n) is 1.68. The molecule has 1 aromatic carbocycles. The van der Waals surface area contributed by atoms with E-state index in [-0.39, 0.29) is 0 Å². The van der Waals surface area contributed by atoms with Gasteiger partial charge in [0.15, 0.2) is 4.75 Å². The van der Waals surface area contributed by atoms with Gasteiger partial charge in [-0.15, -0.1) is 0 Å². The third-order valence-electron chi connectivity index (χ3n) is 1.04. The molecule has 0 spiro atoms. The van der Waals surface area contributed by atoms with Gasteiger partial charge in [0.25, 0.3) is 0 Å². The summed E-state index contributed by atoms with van der Waals surface area (Å²) in [5.41, 5.74) is 1.17. The molecule has 58 valence electrons. The van der Waals surface area contributed by atoms with Crippen LogP contribution < -0.4 is 5.26 Å². The Balaban J connectivity index is 0.000000292. The predicted octanol–water partition coefficient (Wildman–Crippen LogP) is 1.21. The maximum Gasteiger partial charge on any atom is 0.154 e. The van der Waals surface area contributed by atoms with Crippen molar-refractivity contribution < 1.29 is 5.26 Å². The summed E-state index contributed by atoms with van der Waals surface area (Å²) in [5, 5.41) is 7.88. The van der Waals surface area contributed by atoms with Crippen molar-refractivity contribution in [2.45, 2.75) is 0 Å². The van der Waals surface area contributed by atoms with Crippen molar-refractivity contribution >= 4 is 6.08 Å². The Morgan fingerprint density at radius 1 is 1.36 bits per heavy atom. The van der Waals surface area contributed by atoms with E-state index in [4.69, 9.17) is 10.2 Å². The molecule has 3 heteroatoms. The number of hydrogen-bond acceptors (Lipinski definition) is 2. The van der Waals surface area contributed by atoms with Crippen molar-refractivity contribution in [3.05, 3.63) is 52.2 Å². The minimum absolute atomic E-state index is 1.17. The Kier molecular flexibility index (Phi) is 5.51. The first-order chi connectivity index (χ1) is 5.35. The molecule has 0 N–H and O–H groups in total. The normalized spacial score (nSPS) is 7.27. The molecular formula is C8H8O3. The van der Waals surface area contributed by atoms with E-state index < -0.39 is 0 Å². The van der Waals surface area contributed by atoms with Gasteiger partial charge < -0.3 is 0 Å². The molecule has 0 aromatic heterocycles. The average molecular weight is 152 g/mol. The van der Waals surface area contributed by atoms with E-state index in [1.54, 1.807) is 4.75 Å². The first-order valence-electron chi connectivity index (χ1n) is 2.94. The van der Waals surface area contributed by atoms with Crippen LogP contribution in [-0.4, -0.2) is 0 Å². The SMILES string of the molecule is C=Cc1ccccc1.O=[O+][O-]. The lowest BCUT2D eigenvalue weighted by atomic mass is 10.2. The van der Waals surface area contributed by atoms with Crippen molar-refractivity contribution in [3.63, 3.8) is 0 Å². The molecular weight excluding hydrogens is 144 g/mol. The summed E-state index contributed by atoms with van der Waals surface area (Å²) in [6.45, 7) is 3.63. The van der Waals surface area contributed by atoms with Crippen LogP contribution in [0.25, 0.3) is 6.08 Å². The second-order valence-corrected chi connectivity index (χ2v) is 1.68. The van der Waals surface area contributed by atoms with Gasteiger partial charge in [0.1, 0.15) is 0 Å². The molecule has 1 aromatic rings. The predicted molar refractivity (Wildman–Crippen MR) is 43.3 cm³/mol. The summed E-state index contributed by atoms with van der Waals surface area (Å²) in [5.74, 6) is 0. The van der Waals surface area contributed by atoms with Crippen LogP contribution in [0.15, 0.2) is 36.9 Å². The van der Waals surface area contributed by atoms with Crippen molar-refractivity contribution in [1.82, 2.24) is 0 Å². The zero-order valence-corrected chi connectivity index (χ0v) is 5.90. The lowest BCUT2D eigenvalue weighted by molar-refractivity contribution is -0.284. The highest BCUT2D eigenvalue weighted by Crippen LogP contribution is 1.97. The van der Waals surface area contributed by atoms with Crippen LogP contribution in [0, 0.1) is 9.71 Å². The lowest BCUT2D eigenvalue weighted by Crippen LogP contribution is -1.82. The molecule has 11 heavy (non-hydrogen) atoms. The third-order valence-corrected chi connectivity index (χ3v) is 1.04. The zero-order chi connectivity index (χ0) is 8.53. The Morgan fingerprint density at radius 3 is 2.09 bits per heavy atom. The molecule has 3 nitrogen and oxygen atoms in total. The average Bonchev–Trinajstić information content (AvgIpc) is 2.08. The molecule has 0 amide bonds. The topological polar surface area (TPSA) is 51.4 Å². The number of rotatable bonds is 1. The minimum atomic E-state index is 1.17. The highest BCUT2D eigenvalue weighted by molar-refractivity contribution is 5.45. The highest BCUT2D eigenvalue weighted by atomic mass is 17.2. The molecule has 0 aliphatic rings. The van der Waals surface area contributed by atoms with Crippen LogP contribution in [0.1, 0.15) is 5.56 Å². The van der Waals surface area contributed by atoms with Crippen molar-refractivity contribution in [2.24, 2.45) is 0 Å². The smallest absolute Gasteiger partial charge is 0.0985 e. The second kappa shape index (κ2) is 6.48. The van der Waals surface area contributed by atoms with Crippen LogP contribution >= 0.6 is 0 Å². The Labute approximate surface area is 64.5 Å². The van der Waals surface area contributed by atoms with E-state index >= 15 is 0 Å². The molecule has 0 saturated heterocycles. The highest BCUT2D eigenvalue weighted by Gasteiger charge is 1.75. The summed E-state index contributed by atoms with van der Waals surface area (Å²) in [6, 6.07) is 10.0. The first kappa shape index (κ1) is 9.36. The third kappa shape index (κ3) is 4.84. The summed E-state index contributed by atoms with van der Waals surface area (Å²) in [7, 11) is 0. The fourth-order valence-electron chi connectivity index (χ4n) is 0.589. The largest absolute Gasteiger partial charge is 0.154 e. The van der Waals surface area contributed by atoms with Gasteiger partial charge in [-0.05, 0) is 5.56 Å². The van der Waals surface area contributed by atoms with Crippen LogP contribution in [0.4, 0.5) is 0 Å². The molecule has 0 atom stereocenters. The van der Waals surface area contributed by atoms with Crippen molar-refractivity contribution in [3.8, 4) is 0 Å². The molecule has 0 bridgehead atoms. The fraction of sp³-hybridized carbons (Fsp3) is 0. The van der Waals surface area contributed by atoms with E-state index in [2.05, 4.69) is 6.58 Å².